The fraction of sp³-hybridized carbons (Fsp3) is 0.250. The quantitative estimate of drug-likeness (QED) is 0.535. The molecular formula is C20H21ClN4O3S. The van der Waals surface area contributed by atoms with Crippen molar-refractivity contribution in [3.8, 4) is 22.9 Å². The highest BCUT2D eigenvalue weighted by Crippen LogP contribution is 2.28. The molecule has 1 heterocycles. The van der Waals surface area contributed by atoms with Gasteiger partial charge in [0.15, 0.2) is 11.0 Å². The summed E-state index contributed by atoms with van der Waals surface area (Å²) in [6.07, 6.45) is 0. The lowest BCUT2D eigenvalue weighted by Crippen LogP contribution is -2.15. The second-order valence-corrected chi connectivity index (χ2v) is 7.38. The van der Waals surface area contributed by atoms with Gasteiger partial charge >= 0.3 is 0 Å². The molecule has 0 radical (unpaired) electrons. The first kappa shape index (κ1) is 21.0. The van der Waals surface area contributed by atoms with Gasteiger partial charge in [-0.2, -0.15) is 0 Å². The average Bonchev–Trinajstić information content (AvgIpc) is 3.08. The summed E-state index contributed by atoms with van der Waals surface area (Å²) in [6, 6.07) is 12.7. The summed E-state index contributed by atoms with van der Waals surface area (Å²) in [5, 5.41) is 12.4. The van der Waals surface area contributed by atoms with E-state index >= 15 is 0 Å². The van der Waals surface area contributed by atoms with Crippen LogP contribution in [0.4, 0.5) is 5.69 Å². The number of anilines is 1. The van der Waals surface area contributed by atoms with E-state index in [1.165, 1.54) is 18.9 Å². The van der Waals surface area contributed by atoms with Gasteiger partial charge in [0, 0.05) is 17.6 Å². The Morgan fingerprint density at radius 2 is 1.97 bits per heavy atom. The van der Waals surface area contributed by atoms with Crippen molar-refractivity contribution in [3.63, 3.8) is 0 Å². The largest absolute Gasteiger partial charge is 0.495 e. The highest BCUT2D eigenvalue weighted by Gasteiger charge is 2.14. The molecule has 3 rings (SSSR count). The molecule has 0 fully saturated rings. The van der Waals surface area contributed by atoms with E-state index in [1.54, 1.807) is 18.2 Å². The van der Waals surface area contributed by atoms with Crippen molar-refractivity contribution in [2.75, 3.05) is 24.8 Å². The standard InChI is InChI=1S/C20H21ClN4O3S/c1-4-28-15-8-5-13(6-9-15)19-23-24-20(25(19)2)29-12-18(26)22-16-11-14(21)7-10-17(16)27-3/h5-11H,4,12H2,1-3H3,(H,22,26). The Hall–Kier alpha value is -2.71. The second-order valence-electron chi connectivity index (χ2n) is 6.00. The maximum Gasteiger partial charge on any atom is 0.234 e. The summed E-state index contributed by atoms with van der Waals surface area (Å²) >= 11 is 7.30. The zero-order chi connectivity index (χ0) is 20.8. The molecule has 2 aromatic carbocycles. The van der Waals surface area contributed by atoms with Crippen LogP contribution in [0.5, 0.6) is 11.5 Å². The Kier molecular flexibility index (Phi) is 7.00. The molecule has 1 aromatic heterocycles. The zero-order valence-electron chi connectivity index (χ0n) is 16.3. The van der Waals surface area contributed by atoms with Crippen molar-refractivity contribution in [1.82, 2.24) is 14.8 Å². The van der Waals surface area contributed by atoms with Crippen LogP contribution in [0, 0.1) is 0 Å². The number of ether oxygens (including phenoxy) is 2. The van der Waals surface area contributed by atoms with Crippen LogP contribution in [0.15, 0.2) is 47.6 Å². The maximum atomic E-state index is 12.4. The van der Waals surface area contributed by atoms with Crippen LogP contribution in [0.1, 0.15) is 6.92 Å². The first-order valence-electron chi connectivity index (χ1n) is 8.90. The average molecular weight is 433 g/mol. The van der Waals surface area contributed by atoms with Crippen LogP contribution in [-0.2, 0) is 11.8 Å². The molecule has 1 N–H and O–H groups in total. The number of thioether (sulfide) groups is 1. The summed E-state index contributed by atoms with van der Waals surface area (Å²) in [5.41, 5.74) is 1.45. The molecule has 0 aliphatic heterocycles. The molecule has 0 atom stereocenters. The number of nitrogens with one attached hydrogen (secondary N) is 1. The van der Waals surface area contributed by atoms with E-state index in [9.17, 15) is 4.79 Å². The molecule has 0 saturated heterocycles. The Labute approximate surface area is 178 Å². The number of carbonyl (C=O) groups is 1. The van der Waals surface area contributed by atoms with Crippen LogP contribution in [0.25, 0.3) is 11.4 Å². The van der Waals surface area contributed by atoms with Crippen LogP contribution < -0.4 is 14.8 Å². The topological polar surface area (TPSA) is 78.3 Å². The van der Waals surface area contributed by atoms with Crippen molar-refractivity contribution in [3.05, 3.63) is 47.5 Å². The highest BCUT2D eigenvalue weighted by molar-refractivity contribution is 7.99. The molecule has 0 spiro atoms. The van der Waals surface area contributed by atoms with Crippen molar-refractivity contribution in [2.45, 2.75) is 12.1 Å². The van der Waals surface area contributed by atoms with Gasteiger partial charge in [-0.05, 0) is 49.4 Å². The number of nitrogens with zero attached hydrogens (tertiary/aromatic N) is 3. The molecule has 0 aliphatic carbocycles. The van der Waals surface area contributed by atoms with E-state index in [0.717, 1.165) is 11.3 Å². The summed E-state index contributed by atoms with van der Waals surface area (Å²) in [4.78, 5) is 12.4. The first-order chi connectivity index (χ1) is 14.0. The van der Waals surface area contributed by atoms with Gasteiger partial charge < -0.3 is 19.4 Å². The number of aromatic nitrogens is 3. The summed E-state index contributed by atoms with van der Waals surface area (Å²) in [6.45, 7) is 2.56. The molecule has 0 saturated carbocycles. The third-order valence-corrected chi connectivity index (χ3v) is 5.28. The third-order valence-electron chi connectivity index (χ3n) is 4.03. The van der Waals surface area contributed by atoms with Gasteiger partial charge in [-0.3, -0.25) is 4.79 Å². The van der Waals surface area contributed by atoms with Gasteiger partial charge in [-0.15, -0.1) is 10.2 Å². The summed E-state index contributed by atoms with van der Waals surface area (Å²) in [5.74, 6) is 2.05. The van der Waals surface area contributed by atoms with E-state index < -0.39 is 0 Å². The monoisotopic (exact) mass is 432 g/mol. The van der Waals surface area contributed by atoms with Crippen LogP contribution in [-0.4, -0.2) is 40.1 Å². The van der Waals surface area contributed by atoms with E-state index in [4.69, 9.17) is 21.1 Å². The molecule has 0 aliphatic rings. The third kappa shape index (κ3) is 5.21. The number of amides is 1. The molecule has 0 bridgehead atoms. The minimum Gasteiger partial charge on any atom is -0.495 e. The number of carbonyl (C=O) groups excluding carboxylic acids is 1. The van der Waals surface area contributed by atoms with Gasteiger partial charge in [-0.1, -0.05) is 23.4 Å². The van der Waals surface area contributed by atoms with E-state index in [0.29, 0.717) is 34.0 Å². The van der Waals surface area contributed by atoms with Crippen LogP contribution in [0.2, 0.25) is 5.02 Å². The zero-order valence-corrected chi connectivity index (χ0v) is 17.9. The van der Waals surface area contributed by atoms with Gasteiger partial charge in [-0.25, -0.2) is 0 Å². The molecule has 9 heteroatoms. The van der Waals surface area contributed by atoms with Crippen molar-refractivity contribution >= 4 is 35.0 Å². The number of hydrogen-bond donors (Lipinski definition) is 1. The fourth-order valence-corrected chi connectivity index (χ4v) is 3.54. The smallest absolute Gasteiger partial charge is 0.234 e. The highest BCUT2D eigenvalue weighted by atomic mass is 35.5. The molecule has 0 unspecified atom stereocenters. The van der Waals surface area contributed by atoms with E-state index in [2.05, 4.69) is 15.5 Å². The van der Waals surface area contributed by atoms with Gasteiger partial charge in [0.1, 0.15) is 11.5 Å². The number of halogens is 1. The van der Waals surface area contributed by atoms with Gasteiger partial charge in [0.05, 0.1) is 25.2 Å². The van der Waals surface area contributed by atoms with Crippen molar-refractivity contribution in [2.24, 2.45) is 7.05 Å². The summed E-state index contributed by atoms with van der Waals surface area (Å²) in [7, 11) is 3.40. The van der Waals surface area contributed by atoms with Gasteiger partial charge in [0.2, 0.25) is 5.91 Å². The Balaban J connectivity index is 1.64. The number of rotatable bonds is 8. The fourth-order valence-electron chi connectivity index (χ4n) is 2.65. The molecule has 7 nitrogen and oxygen atoms in total. The van der Waals surface area contributed by atoms with E-state index in [-0.39, 0.29) is 11.7 Å². The lowest BCUT2D eigenvalue weighted by Gasteiger charge is -2.10. The molecular weight excluding hydrogens is 412 g/mol. The Morgan fingerprint density at radius 1 is 1.21 bits per heavy atom. The minimum absolute atomic E-state index is 0.172. The van der Waals surface area contributed by atoms with Crippen LogP contribution in [0.3, 0.4) is 0 Å². The van der Waals surface area contributed by atoms with Crippen molar-refractivity contribution < 1.29 is 14.3 Å². The summed E-state index contributed by atoms with van der Waals surface area (Å²) < 4.78 is 12.6. The first-order valence-corrected chi connectivity index (χ1v) is 10.3. The predicted octanol–water partition coefficient (Wildman–Crippen LogP) is 4.27. The Morgan fingerprint density at radius 3 is 2.66 bits per heavy atom. The number of hydrogen-bond acceptors (Lipinski definition) is 6. The molecule has 29 heavy (non-hydrogen) atoms. The lowest BCUT2D eigenvalue weighted by atomic mass is 10.2. The molecule has 1 amide bonds. The van der Waals surface area contributed by atoms with E-state index in [1.807, 2.05) is 42.8 Å². The second kappa shape index (κ2) is 9.67. The Bertz CT molecular complexity index is 992. The molecule has 3 aromatic rings. The lowest BCUT2D eigenvalue weighted by molar-refractivity contribution is -0.113. The maximum absolute atomic E-state index is 12.4. The number of benzene rings is 2. The van der Waals surface area contributed by atoms with Crippen molar-refractivity contribution in [1.29, 1.82) is 0 Å². The van der Waals surface area contributed by atoms with Gasteiger partial charge in [0.25, 0.3) is 0 Å². The SMILES string of the molecule is CCOc1ccc(-c2nnc(SCC(=O)Nc3cc(Cl)ccc3OC)n2C)cc1. The van der Waals surface area contributed by atoms with Crippen LogP contribution >= 0.6 is 23.4 Å². The molecule has 152 valence electrons. The predicted molar refractivity (Wildman–Crippen MR) is 115 cm³/mol. The number of methoxy groups -OCH3 is 1. The normalized spacial score (nSPS) is 10.6. The minimum atomic E-state index is -0.193.